The maximum Gasteiger partial charge on any atom is 0.416 e. The molecule has 0 aromatic heterocycles. The SMILES string of the molecule is C.COc1ccc(CN2[C@@H]3CC[C@@]4(S(=O)(=O)c5ccc(C(F)(F)F)cc5)c5c(F)ccc(F)c5OC[C@H]4[C@@H]3CCS2(=O)=O)cc1. The molecule has 1 aliphatic carbocycles. The fourth-order valence-corrected chi connectivity index (χ4v) is 11.4. The Balaban J connectivity index is 0.00000400. The van der Waals surface area contributed by atoms with Gasteiger partial charge in [0.15, 0.2) is 21.4 Å². The van der Waals surface area contributed by atoms with Gasteiger partial charge in [0, 0.05) is 18.5 Å². The van der Waals surface area contributed by atoms with E-state index in [4.69, 9.17) is 9.47 Å². The van der Waals surface area contributed by atoms with Crippen molar-refractivity contribution in [2.75, 3.05) is 19.5 Å². The number of nitrogens with zero attached hydrogens (tertiary/aromatic N) is 1. The van der Waals surface area contributed by atoms with Crippen LogP contribution in [0.5, 0.6) is 11.5 Å². The van der Waals surface area contributed by atoms with E-state index in [2.05, 4.69) is 0 Å². The van der Waals surface area contributed by atoms with Gasteiger partial charge in [-0.05, 0) is 79.3 Å². The van der Waals surface area contributed by atoms with E-state index in [0.717, 1.165) is 24.3 Å². The summed E-state index contributed by atoms with van der Waals surface area (Å²) >= 11 is 0. The second kappa shape index (κ2) is 11.5. The number of methoxy groups -OCH3 is 1. The predicted octanol–water partition coefficient (Wildman–Crippen LogP) is 6.32. The van der Waals surface area contributed by atoms with Gasteiger partial charge in [0.2, 0.25) is 10.0 Å². The largest absolute Gasteiger partial charge is 0.497 e. The van der Waals surface area contributed by atoms with E-state index in [1.807, 2.05) is 0 Å². The van der Waals surface area contributed by atoms with Crippen molar-refractivity contribution in [1.29, 1.82) is 0 Å². The van der Waals surface area contributed by atoms with Gasteiger partial charge < -0.3 is 9.47 Å². The molecule has 1 saturated heterocycles. The Labute approximate surface area is 258 Å². The molecule has 7 nitrogen and oxygen atoms in total. The molecule has 3 aromatic rings. The average molecular weight is 674 g/mol. The molecule has 0 amide bonds. The first kappa shape index (κ1) is 33.1. The van der Waals surface area contributed by atoms with Crippen LogP contribution in [-0.4, -0.2) is 46.7 Å². The maximum atomic E-state index is 15.7. The van der Waals surface area contributed by atoms with Crippen LogP contribution in [0.4, 0.5) is 22.0 Å². The Hall–Kier alpha value is -3.23. The molecule has 0 radical (unpaired) electrons. The van der Waals surface area contributed by atoms with Crippen LogP contribution < -0.4 is 9.47 Å². The van der Waals surface area contributed by atoms with Crippen LogP contribution >= 0.6 is 0 Å². The smallest absolute Gasteiger partial charge is 0.416 e. The van der Waals surface area contributed by atoms with Crippen molar-refractivity contribution in [3.8, 4) is 11.5 Å². The molecule has 1 saturated carbocycles. The molecule has 0 bridgehead atoms. The number of alkyl halides is 3. The third kappa shape index (κ3) is 5.28. The van der Waals surface area contributed by atoms with Crippen molar-refractivity contribution in [3.63, 3.8) is 0 Å². The Kier molecular flexibility index (Phi) is 8.50. The minimum absolute atomic E-state index is 0. The van der Waals surface area contributed by atoms with Gasteiger partial charge >= 0.3 is 6.18 Å². The Bertz CT molecular complexity index is 1800. The summed E-state index contributed by atoms with van der Waals surface area (Å²) in [4.78, 5) is -0.482. The lowest BCUT2D eigenvalue weighted by atomic mass is 9.64. The molecule has 2 heterocycles. The molecule has 2 fully saturated rings. The zero-order valence-corrected chi connectivity index (χ0v) is 25.0. The van der Waals surface area contributed by atoms with Crippen LogP contribution in [0, 0.1) is 23.5 Å². The Morgan fingerprint density at radius 1 is 0.978 bits per heavy atom. The molecule has 45 heavy (non-hydrogen) atoms. The summed E-state index contributed by atoms with van der Waals surface area (Å²) in [6.07, 6.45) is -5.02. The first-order valence-corrected chi connectivity index (χ1v) is 17.0. The topological polar surface area (TPSA) is 90.0 Å². The average Bonchev–Trinajstić information content (AvgIpc) is 2.99. The van der Waals surface area contributed by atoms with Crippen LogP contribution in [0.3, 0.4) is 0 Å². The van der Waals surface area contributed by atoms with Crippen LogP contribution in [0.25, 0.3) is 0 Å². The summed E-state index contributed by atoms with van der Waals surface area (Å²) in [5.74, 6) is -3.98. The monoisotopic (exact) mass is 673 g/mol. The van der Waals surface area contributed by atoms with E-state index in [9.17, 15) is 30.0 Å². The first-order valence-electron chi connectivity index (χ1n) is 13.9. The van der Waals surface area contributed by atoms with Crippen LogP contribution in [0.15, 0.2) is 65.6 Å². The number of sulfone groups is 1. The van der Waals surface area contributed by atoms with Crippen LogP contribution in [0.2, 0.25) is 0 Å². The minimum Gasteiger partial charge on any atom is -0.497 e. The van der Waals surface area contributed by atoms with Gasteiger partial charge in [0.25, 0.3) is 0 Å². The van der Waals surface area contributed by atoms with E-state index >= 15 is 8.78 Å². The number of halogens is 5. The molecule has 4 atom stereocenters. The van der Waals surface area contributed by atoms with Crippen molar-refractivity contribution >= 4 is 19.9 Å². The zero-order valence-electron chi connectivity index (χ0n) is 23.4. The molecule has 0 unspecified atom stereocenters. The van der Waals surface area contributed by atoms with Gasteiger partial charge in [-0.1, -0.05) is 19.6 Å². The molecule has 0 N–H and O–H groups in total. The number of hydrogen-bond donors (Lipinski definition) is 0. The predicted molar refractivity (Wildman–Crippen MR) is 156 cm³/mol. The van der Waals surface area contributed by atoms with Gasteiger partial charge in [0.1, 0.15) is 16.3 Å². The van der Waals surface area contributed by atoms with Crippen LogP contribution in [0.1, 0.15) is 43.4 Å². The van der Waals surface area contributed by atoms with E-state index in [1.54, 1.807) is 24.3 Å². The fraction of sp³-hybridized carbons (Fsp3) is 0.419. The highest BCUT2D eigenvalue weighted by Crippen LogP contribution is 2.60. The quantitative estimate of drug-likeness (QED) is 0.295. The summed E-state index contributed by atoms with van der Waals surface area (Å²) in [6, 6.07) is 10.7. The summed E-state index contributed by atoms with van der Waals surface area (Å²) in [7, 11) is -6.97. The summed E-state index contributed by atoms with van der Waals surface area (Å²) in [6.45, 7) is -0.357. The Morgan fingerprint density at radius 2 is 1.62 bits per heavy atom. The third-order valence-corrected chi connectivity index (χ3v) is 13.6. The van der Waals surface area contributed by atoms with Gasteiger partial charge in [-0.25, -0.2) is 25.6 Å². The van der Waals surface area contributed by atoms with Gasteiger partial charge in [-0.2, -0.15) is 17.5 Å². The van der Waals surface area contributed by atoms with Crippen molar-refractivity contribution in [2.45, 2.75) is 55.1 Å². The van der Waals surface area contributed by atoms with Crippen molar-refractivity contribution in [1.82, 2.24) is 4.31 Å². The van der Waals surface area contributed by atoms with E-state index in [-0.39, 0.29) is 45.6 Å². The molecule has 244 valence electrons. The van der Waals surface area contributed by atoms with Gasteiger partial charge in [0.05, 0.1) is 35.5 Å². The van der Waals surface area contributed by atoms with Gasteiger partial charge in [-0.15, -0.1) is 0 Å². The third-order valence-electron chi connectivity index (χ3n) is 9.22. The number of hydrogen-bond acceptors (Lipinski definition) is 6. The summed E-state index contributed by atoms with van der Waals surface area (Å²) in [5, 5.41) is 0. The molecular formula is C31H32F5NO6S2. The second-order valence-electron chi connectivity index (χ2n) is 11.3. The molecule has 3 aliphatic rings. The highest BCUT2D eigenvalue weighted by Gasteiger charge is 2.64. The summed E-state index contributed by atoms with van der Waals surface area (Å²) < 4.78 is 137. The van der Waals surface area contributed by atoms with Gasteiger partial charge in [-0.3, -0.25) is 0 Å². The zero-order chi connectivity index (χ0) is 31.7. The number of ether oxygens (including phenoxy) is 2. The lowest BCUT2D eigenvalue weighted by molar-refractivity contribution is -0.137. The summed E-state index contributed by atoms with van der Waals surface area (Å²) in [5.41, 5.74) is -0.907. The minimum atomic E-state index is -4.72. The molecule has 2 aliphatic heterocycles. The molecular weight excluding hydrogens is 641 g/mol. The second-order valence-corrected chi connectivity index (χ2v) is 15.6. The lowest BCUT2D eigenvalue weighted by Crippen LogP contribution is -2.63. The molecule has 6 rings (SSSR count). The van der Waals surface area contributed by atoms with Crippen molar-refractivity contribution in [2.24, 2.45) is 11.8 Å². The van der Waals surface area contributed by atoms with Crippen molar-refractivity contribution in [3.05, 3.63) is 89.0 Å². The molecule has 3 aromatic carbocycles. The molecule has 14 heteroatoms. The standard InChI is InChI=1S/C30H28F5NO6S2.CH4/c1-41-20-6-2-18(3-7-20)16-36-26-12-14-29(44(39,40)21-8-4-19(5-9-21)30(33,34)35)23(22(26)13-15-43(36,37)38)17-42-28-25(32)11-10-24(31)27(28)29;/h2-11,22-23,26H,12-17H2,1H3;1H4/t22-,23-,26+,29-;/m0./s1. The van der Waals surface area contributed by atoms with E-state index in [0.29, 0.717) is 23.4 Å². The highest BCUT2D eigenvalue weighted by molar-refractivity contribution is 7.92. The first-order chi connectivity index (χ1) is 20.7. The number of rotatable bonds is 5. The Morgan fingerprint density at radius 3 is 2.24 bits per heavy atom. The van der Waals surface area contributed by atoms with Crippen molar-refractivity contribution < 1.29 is 48.3 Å². The number of fused-ring (bicyclic) bond motifs is 5. The fourth-order valence-electron chi connectivity index (χ4n) is 7.17. The van der Waals surface area contributed by atoms with Crippen LogP contribution in [-0.2, 0) is 37.3 Å². The van der Waals surface area contributed by atoms with E-state index in [1.165, 1.54) is 11.4 Å². The lowest BCUT2D eigenvalue weighted by Gasteiger charge is -2.56. The normalized spacial score (nSPS) is 26.0. The highest BCUT2D eigenvalue weighted by atomic mass is 32.2. The number of benzene rings is 3. The molecule has 0 spiro atoms. The maximum absolute atomic E-state index is 15.7. The van der Waals surface area contributed by atoms with E-state index < -0.39 is 82.1 Å². The number of sulfonamides is 1.